The van der Waals surface area contributed by atoms with Crippen molar-refractivity contribution in [3.8, 4) is 0 Å². The van der Waals surface area contributed by atoms with Gasteiger partial charge in [0.2, 0.25) is 0 Å². The van der Waals surface area contributed by atoms with Crippen LogP contribution in [0.25, 0.3) is 0 Å². The summed E-state index contributed by atoms with van der Waals surface area (Å²) >= 11 is 0. The molecule has 166 valence electrons. The second kappa shape index (κ2) is 8.29. The number of aromatic nitrogens is 2. The highest BCUT2D eigenvalue weighted by molar-refractivity contribution is 7.92. The fourth-order valence-corrected chi connectivity index (χ4v) is 4.12. The molecule has 0 unspecified atom stereocenters. The molecule has 0 spiro atoms. The van der Waals surface area contributed by atoms with Gasteiger partial charge in [-0.25, -0.2) is 13.2 Å². The number of aryl methyl sites for hydroxylation is 1. The van der Waals surface area contributed by atoms with E-state index in [2.05, 4.69) is 10.4 Å². The summed E-state index contributed by atoms with van der Waals surface area (Å²) in [6.07, 6.45) is -4.30. The van der Waals surface area contributed by atoms with Crippen molar-refractivity contribution in [1.29, 1.82) is 0 Å². The van der Waals surface area contributed by atoms with Gasteiger partial charge in [-0.05, 0) is 37.1 Å². The van der Waals surface area contributed by atoms with Crippen molar-refractivity contribution in [3.63, 3.8) is 0 Å². The molecule has 1 saturated carbocycles. The zero-order valence-corrected chi connectivity index (χ0v) is 17.8. The summed E-state index contributed by atoms with van der Waals surface area (Å²) in [7, 11) is -1.69. The summed E-state index contributed by atoms with van der Waals surface area (Å²) < 4.78 is 61.6. The van der Waals surface area contributed by atoms with E-state index < -0.39 is 32.9 Å². The molecule has 2 N–H and O–H groups in total. The molecule has 1 aliphatic rings. The molecule has 11 heteroatoms. The van der Waals surface area contributed by atoms with Gasteiger partial charge < -0.3 is 5.11 Å². The maximum absolute atomic E-state index is 12.2. The Hall–Kier alpha value is -2.56. The second-order valence-corrected chi connectivity index (χ2v) is 10.2. The number of benzene rings is 1. The van der Waals surface area contributed by atoms with Crippen LogP contribution >= 0.6 is 0 Å². The average Bonchev–Trinajstić information content (AvgIpc) is 3.39. The van der Waals surface area contributed by atoms with Crippen LogP contribution in [0.3, 0.4) is 0 Å². The Balaban J connectivity index is 0.000000216. The smallest absolute Gasteiger partial charge is 0.416 e. The molecular formula is C19H24F3N3O4S. The zero-order chi connectivity index (χ0) is 22.9. The number of carboxylic acid groups (broad SMARTS) is 1. The Morgan fingerprint density at radius 3 is 2.07 bits per heavy atom. The molecule has 1 aromatic carbocycles. The molecule has 1 heterocycles. The van der Waals surface area contributed by atoms with Crippen LogP contribution in [0.2, 0.25) is 0 Å². The van der Waals surface area contributed by atoms with Crippen molar-refractivity contribution < 1.29 is 31.5 Å². The lowest BCUT2D eigenvalue weighted by Gasteiger charge is -2.13. The zero-order valence-electron chi connectivity index (χ0n) is 17.0. The van der Waals surface area contributed by atoms with E-state index in [1.54, 1.807) is 13.1 Å². The van der Waals surface area contributed by atoms with E-state index in [-0.39, 0.29) is 10.3 Å². The van der Waals surface area contributed by atoms with E-state index in [1.807, 2.05) is 20.8 Å². The van der Waals surface area contributed by atoms with Crippen molar-refractivity contribution in [2.24, 2.45) is 7.05 Å². The number of hydrogen-bond acceptors (Lipinski definition) is 4. The van der Waals surface area contributed by atoms with Crippen LogP contribution in [0.1, 0.15) is 44.9 Å². The van der Waals surface area contributed by atoms with Crippen LogP contribution in [-0.4, -0.2) is 34.6 Å². The quantitative estimate of drug-likeness (QED) is 0.724. The van der Waals surface area contributed by atoms with Crippen molar-refractivity contribution in [2.75, 3.05) is 5.32 Å². The van der Waals surface area contributed by atoms with Crippen LogP contribution in [0, 0.1) is 0 Å². The number of hydrogen-bond donors (Lipinski definition) is 2. The van der Waals surface area contributed by atoms with E-state index >= 15 is 0 Å². The first-order valence-electron chi connectivity index (χ1n) is 9.08. The highest BCUT2D eigenvalue weighted by atomic mass is 32.2. The number of halogens is 3. The van der Waals surface area contributed by atoms with Gasteiger partial charge in [-0.3, -0.25) is 10.00 Å². The Bertz CT molecular complexity index is 1000. The molecule has 7 nitrogen and oxygen atoms in total. The van der Waals surface area contributed by atoms with Gasteiger partial charge in [0.1, 0.15) is 5.82 Å². The van der Waals surface area contributed by atoms with Gasteiger partial charge in [-0.2, -0.15) is 18.3 Å². The fraction of sp³-hybridized carbons (Fsp3) is 0.474. The number of nitrogens with one attached hydrogen (secondary N) is 1. The lowest BCUT2D eigenvalue weighted by atomic mass is 9.92. The molecule has 1 amide bonds. The monoisotopic (exact) mass is 447 g/mol. The molecule has 0 saturated heterocycles. The third-order valence-corrected chi connectivity index (χ3v) is 6.63. The standard InChI is InChI=1S/C10H9F3O2S.C9H15N3O2/c11-10(12,13)7-1-3-8(4-2-7)16(14,15)9-5-6-9;1-9(2,3)6-5-7(10-8(13)14)12(4)11-6/h1-4,9H,5-6H2;5,10H,1-4H3,(H,13,14). The number of nitrogens with zero attached hydrogens (tertiary/aromatic N) is 2. The van der Waals surface area contributed by atoms with Crippen molar-refractivity contribution in [3.05, 3.63) is 41.6 Å². The number of rotatable bonds is 3. The highest BCUT2D eigenvalue weighted by Gasteiger charge is 2.37. The minimum absolute atomic E-state index is 0.0250. The molecule has 30 heavy (non-hydrogen) atoms. The van der Waals surface area contributed by atoms with Gasteiger partial charge in [0.15, 0.2) is 9.84 Å². The first-order chi connectivity index (χ1) is 13.6. The highest BCUT2D eigenvalue weighted by Crippen LogP contribution is 2.35. The van der Waals surface area contributed by atoms with Crippen LogP contribution in [0.5, 0.6) is 0 Å². The van der Waals surface area contributed by atoms with Gasteiger partial charge in [0.05, 0.1) is 21.4 Å². The second-order valence-electron chi connectivity index (χ2n) is 7.99. The predicted octanol–water partition coefficient (Wildman–Crippen LogP) is 4.45. The minimum Gasteiger partial charge on any atom is -0.465 e. The minimum atomic E-state index is -4.43. The number of anilines is 1. The Kier molecular flexibility index (Phi) is 6.55. The molecule has 0 radical (unpaired) electrons. The Morgan fingerprint density at radius 2 is 1.70 bits per heavy atom. The van der Waals surface area contributed by atoms with Crippen molar-refractivity contribution in [1.82, 2.24) is 9.78 Å². The average molecular weight is 447 g/mol. The first-order valence-corrected chi connectivity index (χ1v) is 10.6. The predicted molar refractivity (Wildman–Crippen MR) is 105 cm³/mol. The maximum Gasteiger partial charge on any atom is 0.416 e. The molecular weight excluding hydrogens is 423 g/mol. The Labute approximate surface area is 172 Å². The summed E-state index contributed by atoms with van der Waals surface area (Å²) in [5.74, 6) is 0.488. The van der Waals surface area contributed by atoms with Gasteiger partial charge in [0.25, 0.3) is 0 Å². The van der Waals surface area contributed by atoms with Crippen molar-refractivity contribution >= 4 is 21.7 Å². The Morgan fingerprint density at radius 1 is 1.17 bits per heavy atom. The van der Waals surface area contributed by atoms with Gasteiger partial charge in [-0.1, -0.05) is 20.8 Å². The fourth-order valence-electron chi connectivity index (χ4n) is 2.46. The molecule has 2 aromatic rings. The SMILES string of the molecule is Cn1nc(C(C)(C)C)cc1NC(=O)O.O=S(=O)(c1ccc(C(F)(F)F)cc1)C1CC1. The molecule has 0 bridgehead atoms. The van der Waals surface area contributed by atoms with Crippen molar-refractivity contribution in [2.45, 2.75) is 55.3 Å². The summed E-state index contributed by atoms with van der Waals surface area (Å²) in [5.41, 5.74) is -0.0399. The van der Waals surface area contributed by atoms with E-state index in [4.69, 9.17) is 5.11 Å². The molecule has 0 aliphatic heterocycles. The molecule has 3 rings (SSSR count). The normalized spacial score (nSPS) is 14.6. The maximum atomic E-state index is 12.2. The molecule has 1 aromatic heterocycles. The first kappa shape index (κ1) is 23.7. The van der Waals surface area contributed by atoms with Gasteiger partial charge in [-0.15, -0.1) is 0 Å². The van der Waals surface area contributed by atoms with Crippen LogP contribution in [0.15, 0.2) is 35.2 Å². The molecule has 1 fully saturated rings. The molecule has 0 atom stereocenters. The van der Waals surface area contributed by atoms with E-state index in [0.717, 1.165) is 30.0 Å². The summed E-state index contributed by atoms with van der Waals surface area (Å²) in [6, 6.07) is 5.39. The van der Waals surface area contributed by atoms with E-state index in [1.165, 1.54) is 4.68 Å². The summed E-state index contributed by atoms with van der Waals surface area (Å²) in [6.45, 7) is 6.08. The van der Waals surface area contributed by atoms with Gasteiger partial charge in [0, 0.05) is 18.5 Å². The van der Waals surface area contributed by atoms with E-state index in [0.29, 0.717) is 18.7 Å². The number of alkyl halides is 3. The lowest BCUT2D eigenvalue weighted by Crippen LogP contribution is -2.12. The largest absolute Gasteiger partial charge is 0.465 e. The van der Waals surface area contributed by atoms with Gasteiger partial charge >= 0.3 is 12.3 Å². The summed E-state index contributed by atoms with van der Waals surface area (Å²) in [4.78, 5) is 10.4. The third-order valence-electron chi connectivity index (χ3n) is 4.36. The lowest BCUT2D eigenvalue weighted by molar-refractivity contribution is -0.137. The topological polar surface area (TPSA) is 101 Å². The van der Waals surface area contributed by atoms with Crippen LogP contribution in [0.4, 0.5) is 23.8 Å². The number of sulfone groups is 1. The van der Waals surface area contributed by atoms with Crippen LogP contribution < -0.4 is 5.32 Å². The summed E-state index contributed by atoms with van der Waals surface area (Å²) in [5, 5.41) is 14.7. The van der Waals surface area contributed by atoms with E-state index in [9.17, 15) is 26.4 Å². The van der Waals surface area contributed by atoms with Crippen LogP contribution in [-0.2, 0) is 28.5 Å². The molecule has 1 aliphatic carbocycles. The third kappa shape index (κ3) is 5.97. The number of amides is 1. The number of carbonyl (C=O) groups is 1.